The van der Waals surface area contributed by atoms with Crippen molar-refractivity contribution in [1.29, 1.82) is 0 Å². The van der Waals surface area contributed by atoms with Crippen LogP contribution in [0, 0.1) is 0 Å². The van der Waals surface area contributed by atoms with Crippen LogP contribution in [0.1, 0.15) is 17.3 Å². The lowest BCUT2D eigenvalue weighted by atomic mass is 10.2. The molecule has 0 aliphatic rings. The van der Waals surface area contributed by atoms with Crippen LogP contribution in [-0.2, 0) is 10.1 Å². The lowest BCUT2D eigenvalue weighted by Crippen LogP contribution is -1.99. The van der Waals surface area contributed by atoms with E-state index in [1.54, 1.807) is 0 Å². The van der Waals surface area contributed by atoms with Crippen LogP contribution in [0.2, 0.25) is 0 Å². The van der Waals surface area contributed by atoms with Crippen molar-refractivity contribution in [1.82, 2.24) is 0 Å². The van der Waals surface area contributed by atoms with E-state index in [9.17, 15) is 13.2 Å². The number of hydrogen-bond acceptors (Lipinski definition) is 3. The van der Waals surface area contributed by atoms with Gasteiger partial charge in [-0.25, -0.2) is 0 Å². The van der Waals surface area contributed by atoms with Crippen LogP contribution in [-0.4, -0.2) is 18.8 Å². The van der Waals surface area contributed by atoms with Gasteiger partial charge in [-0.3, -0.25) is 9.35 Å². The highest BCUT2D eigenvalue weighted by atomic mass is 35.5. The van der Waals surface area contributed by atoms with Crippen LogP contribution in [0.4, 0.5) is 0 Å². The zero-order valence-corrected chi connectivity index (χ0v) is 8.93. The largest absolute Gasteiger partial charge is 0.295 e. The first-order valence-corrected chi connectivity index (χ1v) is 4.94. The molecule has 0 fully saturated rings. The summed E-state index contributed by atoms with van der Waals surface area (Å²) >= 11 is 0. The van der Waals surface area contributed by atoms with E-state index in [1.165, 1.54) is 31.2 Å². The molecular weight excluding hydrogens is 228 g/mol. The Balaban J connectivity index is 0.00000169. The van der Waals surface area contributed by atoms with Gasteiger partial charge in [-0.05, 0) is 19.1 Å². The van der Waals surface area contributed by atoms with Gasteiger partial charge >= 0.3 is 0 Å². The van der Waals surface area contributed by atoms with Gasteiger partial charge < -0.3 is 0 Å². The zero-order chi connectivity index (χ0) is 10.1. The Morgan fingerprint density at radius 2 is 1.64 bits per heavy atom. The van der Waals surface area contributed by atoms with Crippen LogP contribution in [0.5, 0.6) is 0 Å². The zero-order valence-electron chi connectivity index (χ0n) is 7.30. The van der Waals surface area contributed by atoms with E-state index >= 15 is 0 Å². The van der Waals surface area contributed by atoms with Crippen LogP contribution in [0.3, 0.4) is 0 Å². The molecule has 1 rings (SSSR count). The number of ketones is 1. The van der Waals surface area contributed by atoms with Gasteiger partial charge in [0, 0.05) is 5.56 Å². The normalized spacial score (nSPS) is 10.4. The molecular formula is C8H9ClO4S. The summed E-state index contributed by atoms with van der Waals surface area (Å²) < 4.78 is 29.8. The molecule has 0 aromatic heterocycles. The van der Waals surface area contributed by atoms with E-state index in [2.05, 4.69) is 0 Å². The van der Waals surface area contributed by atoms with Gasteiger partial charge in [-0.1, -0.05) is 12.1 Å². The molecule has 0 spiro atoms. The van der Waals surface area contributed by atoms with Crippen molar-refractivity contribution in [3.63, 3.8) is 0 Å². The predicted molar refractivity (Wildman–Crippen MR) is 53.5 cm³/mol. The Morgan fingerprint density at radius 1 is 1.21 bits per heavy atom. The molecule has 0 saturated carbocycles. The molecule has 6 heteroatoms. The molecule has 1 N–H and O–H groups in total. The Labute approximate surface area is 88.1 Å². The molecule has 4 nitrogen and oxygen atoms in total. The minimum absolute atomic E-state index is 0. The fourth-order valence-electron chi connectivity index (χ4n) is 0.862. The quantitative estimate of drug-likeness (QED) is 0.625. The van der Waals surface area contributed by atoms with Gasteiger partial charge in [0.1, 0.15) is 0 Å². The average molecular weight is 237 g/mol. The first-order valence-electron chi connectivity index (χ1n) is 3.50. The highest BCUT2D eigenvalue weighted by Crippen LogP contribution is 2.10. The van der Waals surface area contributed by atoms with E-state index < -0.39 is 10.1 Å². The SMILES string of the molecule is CC(=O)c1ccc(S(=O)(=O)O)cc1.Cl. The molecule has 0 aliphatic carbocycles. The smallest absolute Gasteiger partial charge is 0.294 e. The van der Waals surface area contributed by atoms with Crippen LogP contribution < -0.4 is 0 Å². The summed E-state index contributed by atoms with van der Waals surface area (Å²) in [6.45, 7) is 1.38. The number of halogens is 1. The van der Waals surface area contributed by atoms with Crippen molar-refractivity contribution in [2.75, 3.05) is 0 Å². The summed E-state index contributed by atoms with van der Waals surface area (Å²) in [6.07, 6.45) is 0. The molecule has 0 aliphatic heterocycles. The Morgan fingerprint density at radius 3 is 1.93 bits per heavy atom. The third kappa shape index (κ3) is 3.10. The molecule has 14 heavy (non-hydrogen) atoms. The molecule has 0 bridgehead atoms. The molecule has 0 atom stereocenters. The fourth-order valence-corrected chi connectivity index (χ4v) is 1.34. The Hall–Kier alpha value is -0.910. The van der Waals surface area contributed by atoms with Crippen LogP contribution in [0.25, 0.3) is 0 Å². The number of carbonyl (C=O) groups excluding carboxylic acids is 1. The topological polar surface area (TPSA) is 71.4 Å². The van der Waals surface area contributed by atoms with Crippen molar-refractivity contribution in [2.24, 2.45) is 0 Å². The van der Waals surface area contributed by atoms with Crippen molar-refractivity contribution in [3.8, 4) is 0 Å². The molecule has 0 heterocycles. The van der Waals surface area contributed by atoms with E-state index in [0.717, 1.165) is 0 Å². The number of carbonyl (C=O) groups is 1. The number of benzene rings is 1. The minimum Gasteiger partial charge on any atom is -0.295 e. The molecule has 0 saturated heterocycles. The standard InChI is InChI=1S/C8H8O4S.ClH/c1-6(9)7-2-4-8(5-3-7)13(10,11)12;/h2-5H,1H3,(H,10,11,12);1H. The monoisotopic (exact) mass is 236 g/mol. The maximum Gasteiger partial charge on any atom is 0.294 e. The lowest BCUT2D eigenvalue weighted by Gasteiger charge is -1.97. The number of hydrogen-bond donors (Lipinski definition) is 1. The van der Waals surface area contributed by atoms with E-state index in [1.807, 2.05) is 0 Å². The fraction of sp³-hybridized carbons (Fsp3) is 0.125. The van der Waals surface area contributed by atoms with Gasteiger partial charge in [-0.15, -0.1) is 12.4 Å². The first kappa shape index (κ1) is 13.1. The average Bonchev–Trinajstić information content (AvgIpc) is 2.03. The highest BCUT2D eigenvalue weighted by Gasteiger charge is 2.08. The molecule has 0 unspecified atom stereocenters. The highest BCUT2D eigenvalue weighted by molar-refractivity contribution is 7.85. The van der Waals surface area contributed by atoms with Crippen molar-refractivity contribution >= 4 is 28.3 Å². The van der Waals surface area contributed by atoms with E-state index in [4.69, 9.17) is 4.55 Å². The summed E-state index contributed by atoms with van der Waals surface area (Å²) in [7, 11) is -4.16. The minimum atomic E-state index is -4.16. The second kappa shape index (κ2) is 4.54. The number of rotatable bonds is 2. The predicted octanol–water partition coefficient (Wildman–Crippen LogP) is 1.56. The van der Waals surface area contributed by atoms with Gasteiger partial charge in [0.05, 0.1) is 4.90 Å². The number of Topliss-reactive ketones (excluding diaryl/α,β-unsaturated/α-hetero) is 1. The van der Waals surface area contributed by atoms with Crippen LogP contribution >= 0.6 is 12.4 Å². The van der Waals surface area contributed by atoms with Gasteiger partial charge in [-0.2, -0.15) is 8.42 Å². The maximum atomic E-state index is 10.8. The summed E-state index contributed by atoms with van der Waals surface area (Å²) in [5.41, 5.74) is 0.410. The second-order valence-corrected chi connectivity index (χ2v) is 3.98. The summed E-state index contributed by atoms with van der Waals surface area (Å²) in [4.78, 5) is 10.6. The molecule has 0 amide bonds. The van der Waals surface area contributed by atoms with Gasteiger partial charge in [0.2, 0.25) is 0 Å². The van der Waals surface area contributed by atoms with Crippen molar-refractivity contribution < 1.29 is 17.8 Å². The summed E-state index contributed by atoms with van der Waals surface area (Å²) in [5.74, 6) is -0.151. The van der Waals surface area contributed by atoms with Crippen molar-refractivity contribution in [2.45, 2.75) is 11.8 Å². The molecule has 1 aromatic carbocycles. The third-order valence-electron chi connectivity index (χ3n) is 1.56. The molecule has 78 valence electrons. The molecule has 1 aromatic rings. The second-order valence-electron chi connectivity index (χ2n) is 2.56. The lowest BCUT2D eigenvalue weighted by molar-refractivity contribution is 0.101. The summed E-state index contributed by atoms with van der Waals surface area (Å²) in [6, 6.07) is 5.08. The van der Waals surface area contributed by atoms with Crippen molar-refractivity contribution in [3.05, 3.63) is 29.8 Å². The van der Waals surface area contributed by atoms with Gasteiger partial charge in [0.15, 0.2) is 5.78 Å². The van der Waals surface area contributed by atoms with E-state index in [-0.39, 0.29) is 23.1 Å². The third-order valence-corrected chi connectivity index (χ3v) is 2.43. The Kier molecular flexibility index (Phi) is 4.25. The summed E-state index contributed by atoms with van der Waals surface area (Å²) in [5, 5.41) is 0. The van der Waals surface area contributed by atoms with E-state index in [0.29, 0.717) is 5.56 Å². The molecule has 0 radical (unpaired) electrons. The van der Waals surface area contributed by atoms with Gasteiger partial charge in [0.25, 0.3) is 10.1 Å². The first-order chi connectivity index (χ1) is 5.91. The Bertz CT molecular complexity index is 421. The van der Waals surface area contributed by atoms with Crippen LogP contribution in [0.15, 0.2) is 29.2 Å². The maximum absolute atomic E-state index is 10.8.